The molecule has 0 saturated heterocycles. The summed E-state index contributed by atoms with van der Waals surface area (Å²) in [5.41, 5.74) is 3.05. The fourth-order valence-corrected chi connectivity index (χ4v) is 4.05. The average Bonchev–Trinajstić information content (AvgIpc) is 3.22. The van der Waals surface area contributed by atoms with Gasteiger partial charge in [-0.15, -0.1) is 11.3 Å². The Balaban J connectivity index is 1.62. The lowest BCUT2D eigenvalue weighted by molar-refractivity contribution is -0.129. The van der Waals surface area contributed by atoms with Crippen LogP contribution in [0.5, 0.6) is 0 Å². The normalized spacial score (nSPS) is 12.3. The summed E-state index contributed by atoms with van der Waals surface area (Å²) in [4.78, 5) is 26.3. The first-order chi connectivity index (χ1) is 13.7. The van der Waals surface area contributed by atoms with Crippen LogP contribution in [0.1, 0.15) is 47.3 Å². The van der Waals surface area contributed by atoms with Gasteiger partial charge in [0.25, 0.3) is 5.91 Å². The van der Waals surface area contributed by atoms with Crippen molar-refractivity contribution in [3.05, 3.63) is 52.0 Å². The van der Waals surface area contributed by atoms with Crippen LogP contribution in [0.4, 0.5) is 0 Å². The number of hydrogen-bond acceptors (Lipinski definition) is 5. The second-order valence-electron chi connectivity index (χ2n) is 7.74. The van der Waals surface area contributed by atoms with Gasteiger partial charge in [-0.2, -0.15) is 5.10 Å². The highest BCUT2D eigenvalue weighted by molar-refractivity contribution is 7.20. The molecule has 2 aromatic heterocycles. The van der Waals surface area contributed by atoms with Gasteiger partial charge < -0.3 is 10.1 Å². The maximum Gasteiger partial charge on any atom is 0.349 e. The minimum absolute atomic E-state index is 0.317. The quantitative estimate of drug-likeness (QED) is 0.588. The number of rotatable bonds is 7. The van der Waals surface area contributed by atoms with Crippen LogP contribution >= 0.6 is 11.3 Å². The van der Waals surface area contributed by atoms with Crippen LogP contribution in [0.3, 0.4) is 0 Å². The van der Waals surface area contributed by atoms with Gasteiger partial charge in [0.1, 0.15) is 9.71 Å². The van der Waals surface area contributed by atoms with Crippen molar-refractivity contribution in [2.24, 2.45) is 5.92 Å². The molecule has 3 aromatic rings. The second-order valence-corrected chi connectivity index (χ2v) is 8.77. The summed E-state index contributed by atoms with van der Waals surface area (Å²) < 4.78 is 7.33. The number of carbonyl (C=O) groups is 2. The number of esters is 1. The van der Waals surface area contributed by atoms with E-state index in [1.807, 2.05) is 42.8 Å². The Morgan fingerprint density at radius 1 is 1.17 bits per heavy atom. The number of amides is 1. The van der Waals surface area contributed by atoms with E-state index >= 15 is 0 Å². The van der Waals surface area contributed by atoms with Gasteiger partial charge in [0, 0.05) is 18.5 Å². The van der Waals surface area contributed by atoms with E-state index in [1.165, 1.54) is 11.3 Å². The molecule has 0 bridgehead atoms. The Hall–Kier alpha value is -2.67. The highest BCUT2D eigenvalue weighted by atomic mass is 32.1. The molecule has 1 unspecified atom stereocenters. The standard InChI is InChI=1S/C22H27N3O3S/c1-13(2)12-25-21-18(15(4)24-25)10-19(29-21)22(27)28-16(5)20(26)23-11-17-8-6-14(3)7-9-17/h6-10,13,16H,11-12H2,1-5H3,(H,23,26). The summed E-state index contributed by atoms with van der Waals surface area (Å²) in [6.07, 6.45) is -0.869. The van der Waals surface area contributed by atoms with E-state index in [0.717, 1.165) is 33.6 Å². The molecule has 1 N–H and O–H groups in total. The molecule has 1 atom stereocenters. The SMILES string of the molecule is Cc1ccc(CNC(=O)C(C)OC(=O)c2cc3c(C)nn(CC(C)C)c3s2)cc1. The number of fused-ring (bicyclic) bond motifs is 1. The number of nitrogens with one attached hydrogen (secondary N) is 1. The number of thiophene rings is 1. The molecule has 29 heavy (non-hydrogen) atoms. The van der Waals surface area contributed by atoms with Crippen molar-refractivity contribution in [1.82, 2.24) is 15.1 Å². The van der Waals surface area contributed by atoms with Gasteiger partial charge in [-0.3, -0.25) is 9.48 Å². The predicted molar refractivity (Wildman–Crippen MR) is 115 cm³/mol. The highest BCUT2D eigenvalue weighted by Crippen LogP contribution is 2.29. The first-order valence-corrected chi connectivity index (χ1v) is 10.6. The van der Waals surface area contributed by atoms with Gasteiger partial charge in [0.2, 0.25) is 0 Å². The molecule has 0 fully saturated rings. The summed E-state index contributed by atoms with van der Waals surface area (Å²) in [6.45, 7) is 11.0. The van der Waals surface area contributed by atoms with Crippen LogP contribution in [0.2, 0.25) is 0 Å². The van der Waals surface area contributed by atoms with E-state index in [2.05, 4.69) is 24.3 Å². The van der Waals surface area contributed by atoms with Crippen LogP contribution in [0.15, 0.2) is 30.3 Å². The number of nitrogens with zero attached hydrogens (tertiary/aromatic N) is 2. The van der Waals surface area contributed by atoms with Crippen molar-refractivity contribution in [3.63, 3.8) is 0 Å². The lowest BCUT2D eigenvalue weighted by atomic mass is 10.1. The van der Waals surface area contributed by atoms with Gasteiger partial charge >= 0.3 is 5.97 Å². The molecule has 1 aromatic carbocycles. The first kappa shape index (κ1) is 21.0. The highest BCUT2D eigenvalue weighted by Gasteiger charge is 2.22. The topological polar surface area (TPSA) is 73.2 Å². The number of benzene rings is 1. The molecule has 0 aliphatic heterocycles. The Kier molecular flexibility index (Phi) is 6.37. The summed E-state index contributed by atoms with van der Waals surface area (Å²) >= 11 is 1.35. The zero-order chi connectivity index (χ0) is 21.1. The summed E-state index contributed by atoms with van der Waals surface area (Å²) in [5, 5.41) is 8.32. The van der Waals surface area contributed by atoms with Gasteiger partial charge in [-0.25, -0.2) is 4.79 Å². The minimum atomic E-state index is -0.869. The van der Waals surface area contributed by atoms with E-state index in [4.69, 9.17) is 4.74 Å². The zero-order valence-electron chi connectivity index (χ0n) is 17.5. The molecule has 1 amide bonds. The molecule has 0 aliphatic carbocycles. The largest absolute Gasteiger partial charge is 0.448 e. The van der Waals surface area contributed by atoms with Crippen LogP contribution in [-0.2, 0) is 22.6 Å². The fraction of sp³-hybridized carbons (Fsp3) is 0.409. The number of aromatic nitrogens is 2. The Bertz CT molecular complexity index is 1020. The number of aryl methyl sites for hydroxylation is 2. The third-order valence-electron chi connectivity index (χ3n) is 4.59. The number of ether oxygens (including phenoxy) is 1. The van der Waals surface area contributed by atoms with Gasteiger partial charge in [-0.05, 0) is 38.3 Å². The molecule has 154 valence electrons. The fourth-order valence-electron chi connectivity index (χ4n) is 2.99. The van der Waals surface area contributed by atoms with Crippen LogP contribution in [-0.4, -0.2) is 27.8 Å². The Labute approximate surface area is 174 Å². The van der Waals surface area contributed by atoms with Crippen LogP contribution in [0.25, 0.3) is 10.2 Å². The first-order valence-electron chi connectivity index (χ1n) is 9.75. The van der Waals surface area contributed by atoms with Gasteiger partial charge in [0.05, 0.1) is 5.69 Å². The summed E-state index contributed by atoms with van der Waals surface area (Å²) in [7, 11) is 0. The van der Waals surface area contributed by atoms with Crippen LogP contribution in [0, 0.1) is 19.8 Å². The average molecular weight is 414 g/mol. The van der Waals surface area contributed by atoms with E-state index in [1.54, 1.807) is 13.0 Å². The second kappa shape index (κ2) is 8.78. The third-order valence-corrected chi connectivity index (χ3v) is 5.72. The molecular formula is C22H27N3O3S. The maximum atomic E-state index is 12.6. The lowest BCUT2D eigenvalue weighted by Gasteiger charge is -2.13. The monoisotopic (exact) mass is 413 g/mol. The van der Waals surface area contributed by atoms with Crippen molar-refractivity contribution in [2.45, 2.75) is 53.8 Å². The molecule has 0 radical (unpaired) electrons. The van der Waals surface area contributed by atoms with E-state index < -0.39 is 12.1 Å². The van der Waals surface area contributed by atoms with Crippen molar-refractivity contribution in [2.75, 3.05) is 0 Å². The molecule has 6 nitrogen and oxygen atoms in total. The lowest BCUT2D eigenvalue weighted by Crippen LogP contribution is -2.35. The van der Waals surface area contributed by atoms with Gasteiger partial charge in [-0.1, -0.05) is 43.7 Å². The summed E-state index contributed by atoms with van der Waals surface area (Å²) in [6, 6.07) is 9.72. The smallest absolute Gasteiger partial charge is 0.349 e. The number of hydrogen-bond donors (Lipinski definition) is 1. The maximum absolute atomic E-state index is 12.6. The number of carbonyl (C=O) groups excluding carboxylic acids is 2. The van der Waals surface area contributed by atoms with Crippen molar-refractivity contribution in [1.29, 1.82) is 0 Å². The molecular weight excluding hydrogens is 386 g/mol. The minimum Gasteiger partial charge on any atom is -0.448 e. The summed E-state index contributed by atoms with van der Waals surface area (Å²) in [5.74, 6) is -0.353. The van der Waals surface area contributed by atoms with E-state index in [-0.39, 0.29) is 5.91 Å². The van der Waals surface area contributed by atoms with Crippen molar-refractivity contribution in [3.8, 4) is 0 Å². The third kappa shape index (κ3) is 5.03. The molecule has 0 spiro atoms. The van der Waals surface area contributed by atoms with Crippen LogP contribution < -0.4 is 5.32 Å². The van der Waals surface area contributed by atoms with Gasteiger partial charge in [0.15, 0.2) is 6.10 Å². The zero-order valence-corrected chi connectivity index (χ0v) is 18.3. The molecule has 7 heteroatoms. The molecule has 0 aliphatic rings. The van der Waals surface area contributed by atoms with Crippen molar-refractivity contribution >= 4 is 33.4 Å². The Morgan fingerprint density at radius 2 is 1.86 bits per heavy atom. The molecule has 0 saturated carbocycles. The van der Waals surface area contributed by atoms with E-state index in [9.17, 15) is 9.59 Å². The van der Waals surface area contributed by atoms with E-state index in [0.29, 0.717) is 17.3 Å². The van der Waals surface area contributed by atoms with Crippen molar-refractivity contribution < 1.29 is 14.3 Å². The molecule has 3 rings (SSSR count). The molecule has 2 heterocycles. The predicted octanol–water partition coefficient (Wildman–Crippen LogP) is 4.23. The Morgan fingerprint density at radius 3 is 2.52 bits per heavy atom.